The number of nitro benzene ring substituents is 1. The molecule has 1 atom stereocenters. The molecule has 1 unspecified atom stereocenters. The maximum Gasteiger partial charge on any atom is 0.269 e. The summed E-state index contributed by atoms with van der Waals surface area (Å²) in [5.41, 5.74) is -0.205. The summed E-state index contributed by atoms with van der Waals surface area (Å²) in [5, 5.41) is 10.5. The number of non-ortho nitro benzene ring substituents is 1. The van der Waals surface area contributed by atoms with Gasteiger partial charge in [0.2, 0.25) is 5.91 Å². The van der Waals surface area contributed by atoms with Crippen molar-refractivity contribution in [2.75, 3.05) is 0 Å². The zero-order chi connectivity index (χ0) is 14.9. The van der Waals surface area contributed by atoms with Crippen molar-refractivity contribution < 1.29 is 18.1 Å². The topological polar surface area (TPSA) is 97.6 Å². The number of hydrogen-bond acceptors (Lipinski definition) is 5. The number of carbonyl (C=O) groups is 1. The highest BCUT2D eigenvalue weighted by molar-refractivity contribution is 7.89. The molecular weight excluding hydrogens is 284 g/mol. The summed E-state index contributed by atoms with van der Waals surface area (Å²) in [6.07, 6.45) is 3.45. The monoisotopic (exact) mass is 296 g/mol. The molecule has 0 saturated carbocycles. The van der Waals surface area contributed by atoms with Gasteiger partial charge in [-0.15, -0.1) is 0 Å². The summed E-state index contributed by atoms with van der Waals surface area (Å²) in [6.45, 7) is 1.74. The smallest absolute Gasteiger partial charge is 0.269 e. The van der Waals surface area contributed by atoms with E-state index in [1.54, 1.807) is 19.1 Å². The number of rotatable bonds is 4. The summed E-state index contributed by atoms with van der Waals surface area (Å²) in [7, 11) is -3.96. The van der Waals surface area contributed by atoms with Gasteiger partial charge in [-0.3, -0.25) is 14.9 Å². The van der Waals surface area contributed by atoms with E-state index in [2.05, 4.69) is 0 Å². The van der Waals surface area contributed by atoms with Crippen LogP contribution in [-0.2, 0) is 14.8 Å². The average Bonchev–Trinajstić information content (AvgIpc) is 2.37. The third-order valence-corrected chi connectivity index (χ3v) is 4.81. The molecule has 106 valence electrons. The van der Waals surface area contributed by atoms with E-state index in [-0.39, 0.29) is 17.0 Å². The Morgan fingerprint density at radius 2 is 1.95 bits per heavy atom. The molecule has 1 fully saturated rings. The number of benzene rings is 1. The first-order valence-electron chi connectivity index (χ1n) is 5.82. The van der Waals surface area contributed by atoms with E-state index in [0.29, 0.717) is 0 Å². The maximum atomic E-state index is 12.3. The molecule has 1 aliphatic rings. The Morgan fingerprint density at radius 1 is 1.35 bits per heavy atom. The number of allylic oxidation sites excluding steroid dienone is 1. The van der Waals surface area contributed by atoms with Crippen LogP contribution in [-0.4, -0.2) is 29.6 Å². The molecule has 1 heterocycles. The average molecular weight is 296 g/mol. The first-order valence-corrected chi connectivity index (χ1v) is 7.26. The molecule has 2 rings (SSSR count). The van der Waals surface area contributed by atoms with Gasteiger partial charge in [0.1, 0.15) is 0 Å². The summed E-state index contributed by atoms with van der Waals surface area (Å²) in [6, 6.07) is 3.98. The molecule has 1 amide bonds. The van der Waals surface area contributed by atoms with E-state index in [0.717, 1.165) is 28.6 Å². The summed E-state index contributed by atoms with van der Waals surface area (Å²) in [5.74, 6) is -0.480. The third kappa shape index (κ3) is 2.29. The lowest BCUT2D eigenvalue weighted by Crippen LogP contribution is -2.54. The van der Waals surface area contributed by atoms with Crippen LogP contribution in [0, 0.1) is 10.1 Å². The second-order valence-corrected chi connectivity index (χ2v) is 6.06. The Hall–Kier alpha value is -2.22. The zero-order valence-electron chi connectivity index (χ0n) is 10.6. The fourth-order valence-corrected chi connectivity index (χ4v) is 3.51. The van der Waals surface area contributed by atoms with E-state index in [9.17, 15) is 23.3 Å². The van der Waals surface area contributed by atoms with Gasteiger partial charge in [-0.1, -0.05) is 12.2 Å². The lowest BCUT2D eigenvalue weighted by Gasteiger charge is -2.37. The molecule has 0 aliphatic carbocycles. The Bertz CT molecular complexity index is 678. The summed E-state index contributed by atoms with van der Waals surface area (Å²) in [4.78, 5) is 21.3. The van der Waals surface area contributed by atoms with E-state index >= 15 is 0 Å². The normalized spacial score (nSPS) is 19.1. The summed E-state index contributed by atoms with van der Waals surface area (Å²) >= 11 is 0. The Kier molecular flexibility index (Phi) is 3.58. The lowest BCUT2D eigenvalue weighted by atomic mass is 10.1. The van der Waals surface area contributed by atoms with Crippen molar-refractivity contribution in [2.45, 2.75) is 24.3 Å². The van der Waals surface area contributed by atoms with Crippen molar-refractivity contribution >= 4 is 21.6 Å². The van der Waals surface area contributed by atoms with E-state index < -0.39 is 26.9 Å². The lowest BCUT2D eigenvalue weighted by molar-refractivity contribution is -0.384. The van der Waals surface area contributed by atoms with Crippen LogP contribution in [0.15, 0.2) is 41.3 Å². The molecule has 1 saturated heterocycles. The van der Waals surface area contributed by atoms with Gasteiger partial charge in [-0.05, 0) is 19.1 Å². The van der Waals surface area contributed by atoms with Crippen LogP contribution < -0.4 is 0 Å². The van der Waals surface area contributed by atoms with Crippen LogP contribution >= 0.6 is 0 Å². The molecule has 0 aromatic heterocycles. The number of carbonyl (C=O) groups excluding carboxylic acids is 1. The van der Waals surface area contributed by atoms with Gasteiger partial charge in [0.25, 0.3) is 15.7 Å². The number of nitro groups is 1. The van der Waals surface area contributed by atoms with Crippen LogP contribution in [0.3, 0.4) is 0 Å². The SMILES string of the molecule is C/C=C\C1CC(=O)N1S(=O)(=O)c1ccc([N+](=O)[O-])cc1. The minimum atomic E-state index is -3.96. The van der Waals surface area contributed by atoms with Crippen molar-refractivity contribution in [1.29, 1.82) is 0 Å². The van der Waals surface area contributed by atoms with Crippen molar-refractivity contribution in [2.24, 2.45) is 0 Å². The van der Waals surface area contributed by atoms with Gasteiger partial charge in [0.15, 0.2) is 0 Å². The third-order valence-electron chi connectivity index (χ3n) is 2.95. The van der Waals surface area contributed by atoms with Gasteiger partial charge >= 0.3 is 0 Å². The molecule has 0 spiro atoms. The van der Waals surface area contributed by atoms with Crippen LogP contribution in [0.25, 0.3) is 0 Å². The molecule has 1 aromatic carbocycles. The van der Waals surface area contributed by atoms with Crippen molar-refractivity contribution in [1.82, 2.24) is 4.31 Å². The molecule has 7 nitrogen and oxygen atoms in total. The molecule has 1 aliphatic heterocycles. The van der Waals surface area contributed by atoms with Gasteiger partial charge in [0, 0.05) is 12.1 Å². The first-order chi connectivity index (χ1) is 9.37. The number of amides is 1. The van der Waals surface area contributed by atoms with Crippen molar-refractivity contribution in [3.05, 3.63) is 46.5 Å². The molecule has 0 radical (unpaired) electrons. The molecule has 0 N–H and O–H groups in total. The number of sulfonamides is 1. The highest BCUT2D eigenvalue weighted by Crippen LogP contribution is 2.29. The highest BCUT2D eigenvalue weighted by Gasteiger charge is 2.43. The Balaban J connectivity index is 2.35. The predicted molar refractivity (Wildman–Crippen MR) is 70.3 cm³/mol. The van der Waals surface area contributed by atoms with Gasteiger partial charge < -0.3 is 0 Å². The van der Waals surface area contributed by atoms with Gasteiger partial charge in [-0.2, -0.15) is 0 Å². The Morgan fingerprint density at radius 3 is 2.40 bits per heavy atom. The molecule has 1 aromatic rings. The molecular formula is C12H12N2O5S. The minimum absolute atomic E-state index is 0.134. The predicted octanol–water partition coefficient (Wildman–Crippen LogP) is 1.46. The standard InChI is InChI=1S/C12H12N2O5S/c1-2-3-10-8-12(15)13(10)20(18,19)11-6-4-9(5-7-11)14(16)17/h2-7,10H,8H2,1H3/b3-2-. The number of hydrogen-bond donors (Lipinski definition) is 0. The number of nitrogens with zero attached hydrogens (tertiary/aromatic N) is 2. The zero-order valence-corrected chi connectivity index (χ0v) is 11.4. The van der Waals surface area contributed by atoms with Gasteiger partial charge in [0.05, 0.1) is 22.3 Å². The fourth-order valence-electron chi connectivity index (χ4n) is 1.96. The van der Waals surface area contributed by atoms with E-state index in [1.165, 1.54) is 0 Å². The minimum Gasteiger partial charge on any atom is -0.274 e. The van der Waals surface area contributed by atoms with Crippen LogP contribution in [0.2, 0.25) is 0 Å². The van der Waals surface area contributed by atoms with Crippen molar-refractivity contribution in [3.8, 4) is 0 Å². The summed E-state index contributed by atoms with van der Waals surface area (Å²) < 4.78 is 25.4. The highest BCUT2D eigenvalue weighted by atomic mass is 32.2. The largest absolute Gasteiger partial charge is 0.274 e. The van der Waals surface area contributed by atoms with E-state index in [1.807, 2.05) is 0 Å². The second kappa shape index (κ2) is 5.04. The molecule has 8 heteroatoms. The van der Waals surface area contributed by atoms with E-state index in [4.69, 9.17) is 0 Å². The van der Waals surface area contributed by atoms with Gasteiger partial charge in [-0.25, -0.2) is 12.7 Å². The maximum absolute atomic E-state index is 12.3. The fraction of sp³-hybridized carbons (Fsp3) is 0.250. The quantitative estimate of drug-likeness (QED) is 0.362. The second-order valence-electron chi connectivity index (χ2n) is 4.24. The van der Waals surface area contributed by atoms with Crippen LogP contribution in [0.4, 0.5) is 5.69 Å². The van der Waals surface area contributed by atoms with Crippen molar-refractivity contribution in [3.63, 3.8) is 0 Å². The number of β-lactam (4-membered cyclic amide) rings is 1. The first kappa shape index (κ1) is 14.2. The Labute approximate surface area is 115 Å². The molecule has 0 bridgehead atoms. The molecule has 20 heavy (non-hydrogen) atoms. The van der Waals surface area contributed by atoms with Crippen LogP contribution in [0.1, 0.15) is 13.3 Å². The van der Waals surface area contributed by atoms with Crippen LogP contribution in [0.5, 0.6) is 0 Å².